The molecule has 2 nitrogen and oxygen atoms in total. The number of piperidine rings is 1. The largest absolute Gasteiger partial charge is 0.374 e. The predicted molar refractivity (Wildman–Crippen MR) is 65.2 cm³/mol. The molecule has 0 aliphatic carbocycles. The molecule has 94 valence electrons. The van der Waals surface area contributed by atoms with E-state index >= 15 is 0 Å². The second-order valence-corrected chi connectivity index (χ2v) is 4.67. The highest BCUT2D eigenvalue weighted by Gasteiger charge is 2.15. The Bertz CT molecular complexity index is 376. The van der Waals surface area contributed by atoms with Crippen molar-refractivity contribution in [3.63, 3.8) is 0 Å². The molecule has 1 aliphatic heterocycles. The van der Waals surface area contributed by atoms with Crippen LogP contribution in [0, 0.1) is 17.6 Å². The summed E-state index contributed by atoms with van der Waals surface area (Å²) in [4.78, 5) is 2.00. The van der Waals surface area contributed by atoms with Crippen molar-refractivity contribution in [1.82, 2.24) is 5.32 Å². The second kappa shape index (κ2) is 5.45. The highest BCUT2D eigenvalue weighted by Crippen LogP contribution is 2.20. The molecule has 0 unspecified atom stereocenters. The van der Waals surface area contributed by atoms with Crippen molar-refractivity contribution in [3.05, 3.63) is 29.8 Å². The van der Waals surface area contributed by atoms with E-state index in [9.17, 15) is 8.78 Å². The Labute approximate surface area is 101 Å². The molecular weight excluding hydrogens is 222 g/mol. The zero-order chi connectivity index (χ0) is 12.3. The van der Waals surface area contributed by atoms with Gasteiger partial charge in [-0.2, -0.15) is 0 Å². The maximum atomic E-state index is 13.1. The van der Waals surface area contributed by atoms with Crippen LogP contribution in [-0.2, 0) is 0 Å². The molecule has 0 radical (unpaired) electrons. The lowest BCUT2D eigenvalue weighted by molar-refractivity contribution is 0.377. The van der Waals surface area contributed by atoms with Gasteiger partial charge in [0.05, 0.1) is 0 Å². The smallest absolute Gasteiger partial charge is 0.160 e. The van der Waals surface area contributed by atoms with Gasteiger partial charge in [0.2, 0.25) is 0 Å². The lowest BCUT2D eigenvalue weighted by Gasteiger charge is -2.28. The van der Waals surface area contributed by atoms with Crippen LogP contribution < -0.4 is 10.2 Å². The van der Waals surface area contributed by atoms with Crippen LogP contribution in [0.25, 0.3) is 0 Å². The Hall–Kier alpha value is -1.16. The summed E-state index contributed by atoms with van der Waals surface area (Å²) in [6.45, 7) is 3.00. The molecule has 0 saturated carbocycles. The summed E-state index contributed by atoms with van der Waals surface area (Å²) in [5.41, 5.74) is 0.738. The van der Waals surface area contributed by atoms with E-state index in [1.807, 2.05) is 11.9 Å². The Balaban J connectivity index is 1.98. The summed E-state index contributed by atoms with van der Waals surface area (Å²) in [5.74, 6) is -0.932. The van der Waals surface area contributed by atoms with Gasteiger partial charge in [0.1, 0.15) is 0 Å². The van der Waals surface area contributed by atoms with Crippen LogP contribution >= 0.6 is 0 Å². The Morgan fingerprint density at radius 1 is 1.24 bits per heavy atom. The van der Waals surface area contributed by atoms with Crippen molar-refractivity contribution in [2.75, 3.05) is 31.6 Å². The second-order valence-electron chi connectivity index (χ2n) is 4.67. The van der Waals surface area contributed by atoms with Gasteiger partial charge >= 0.3 is 0 Å². The van der Waals surface area contributed by atoms with Gasteiger partial charge in [-0.1, -0.05) is 0 Å². The molecule has 1 aliphatic rings. The molecule has 0 amide bonds. The minimum absolute atomic E-state index is 0.634. The fourth-order valence-electron chi connectivity index (χ4n) is 2.28. The maximum absolute atomic E-state index is 13.1. The molecule has 17 heavy (non-hydrogen) atoms. The molecule has 2 rings (SSSR count). The fraction of sp³-hybridized carbons (Fsp3) is 0.538. The van der Waals surface area contributed by atoms with E-state index in [0.29, 0.717) is 5.92 Å². The number of halogens is 2. The predicted octanol–water partition coefficient (Wildman–Crippen LogP) is 2.40. The van der Waals surface area contributed by atoms with Crippen LogP contribution in [-0.4, -0.2) is 26.7 Å². The Kier molecular flexibility index (Phi) is 3.94. The molecule has 1 aromatic carbocycles. The van der Waals surface area contributed by atoms with Gasteiger partial charge in [0.15, 0.2) is 11.6 Å². The van der Waals surface area contributed by atoms with Crippen molar-refractivity contribution in [2.45, 2.75) is 12.8 Å². The van der Waals surface area contributed by atoms with Crippen molar-refractivity contribution in [1.29, 1.82) is 0 Å². The molecule has 0 bridgehead atoms. The lowest BCUT2D eigenvalue weighted by Crippen LogP contribution is -2.34. The minimum atomic E-state index is -0.788. The lowest BCUT2D eigenvalue weighted by atomic mass is 9.97. The molecule has 1 N–H and O–H groups in total. The van der Waals surface area contributed by atoms with Gasteiger partial charge < -0.3 is 10.2 Å². The van der Waals surface area contributed by atoms with Crippen molar-refractivity contribution >= 4 is 5.69 Å². The monoisotopic (exact) mass is 240 g/mol. The van der Waals surface area contributed by atoms with Gasteiger partial charge in [-0.3, -0.25) is 0 Å². The first kappa shape index (κ1) is 12.3. The van der Waals surface area contributed by atoms with Crippen LogP contribution in [0.1, 0.15) is 12.8 Å². The molecule has 1 saturated heterocycles. The molecule has 1 aromatic rings. The first-order valence-electron chi connectivity index (χ1n) is 6.03. The van der Waals surface area contributed by atoms with E-state index in [2.05, 4.69) is 5.32 Å². The van der Waals surface area contributed by atoms with Crippen LogP contribution in [0.3, 0.4) is 0 Å². The van der Waals surface area contributed by atoms with E-state index in [0.717, 1.165) is 38.2 Å². The number of nitrogens with one attached hydrogen (secondary N) is 1. The highest BCUT2D eigenvalue weighted by molar-refractivity contribution is 5.45. The molecule has 0 spiro atoms. The summed E-state index contributed by atoms with van der Waals surface area (Å²) in [6.07, 6.45) is 2.29. The molecular formula is C13H18F2N2. The van der Waals surface area contributed by atoms with E-state index in [-0.39, 0.29) is 0 Å². The molecule has 0 aromatic heterocycles. The van der Waals surface area contributed by atoms with Crippen LogP contribution in [0.4, 0.5) is 14.5 Å². The van der Waals surface area contributed by atoms with Crippen molar-refractivity contribution in [2.24, 2.45) is 5.92 Å². The van der Waals surface area contributed by atoms with Crippen molar-refractivity contribution < 1.29 is 8.78 Å². The van der Waals surface area contributed by atoms with E-state index in [1.54, 1.807) is 6.07 Å². The minimum Gasteiger partial charge on any atom is -0.374 e. The third-order valence-corrected chi connectivity index (χ3v) is 3.33. The maximum Gasteiger partial charge on any atom is 0.160 e. The fourth-order valence-corrected chi connectivity index (χ4v) is 2.28. The van der Waals surface area contributed by atoms with Gasteiger partial charge in [0, 0.05) is 25.3 Å². The number of benzene rings is 1. The average Bonchev–Trinajstić information content (AvgIpc) is 2.34. The molecule has 4 heteroatoms. The number of anilines is 1. The summed E-state index contributed by atoms with van der Waals surface area (Å²) in [7, 11) is 1.93. The van der Waals surface area contributed by atoms with Gasteiger partial charge in [-0.25, -0.2) is 8.78 Å². The molecule has 1 fully saturated rings. The van der Waals surface area contributed by atoms with Crippen LogP contribution in [0.5, 0.6) is 0 Å². The van der Waals surface area contributed by atoms with Crippen LogP contribution in [0.15, 0.2) is 18.2 Å². The summed E-state index contributed by atoms with van der Waals surface area (Å²) < 4.78 is 25.9. The highest BCUT2D eigenvalue weighted by atomic mass is 19.2. The number of hydrogen-bond acceptors (Lipinski definition) is 2. The summed E-state index contributed by atoms with van der Waals surface area (Å²) >= 11 is 0. The van der Waals surface area contributed by atoms with Gasteiger partial charge in [-0.05, 0) is 44.0 Å². The zero-order valence-electron chi connectivity index (χ0n) is 10.0. The van der Waals surface area contributed by atoms with Gasteiger partial charge in [-0.15, -0.1) is 0 Å². The standard InChI is InChI=1S/C13H18F2N2/c1-17(9-10-4-6-16-7-5-10)11-2-3-12(14)13(15)8-11/h2-3,8,10,16H,4-7,9H2,1H3. The molecule has 1 heterocycles. The third-order valence-electron chi connectivity index (χ3n) is 3.33. The normalized spacial score (nSPS) is 17.1. The number of hydrogen-bond donors (Lipinski definition) is 1. The van der Waals surface area contributed by atoms with Crippen LogP contribution in [0.2, 0.25) is 0 Å². The topological polar surface area (TPSA) is 15.3 Å². The SMILES string of the molecule is CN(CC1CCNCC1)c1ccc(F)c(F)c1. The zero-order valence-corrected chi connectivity index (χ0v) is 10.0. The Morgan fingerprint density at radius 3 is 2.59 bits per heavy atom. The number of nitrogens with zero attached hydrogens (tertiary/aromatic N) is 1. The third kappa shape index (κ3) is 3.16. The van der Waals surface area contributed by atoms with E-state index < -0.39 is 11.6 Å². The first-order chi connectivity index (χ1) is 8.16. The van der Waals surface area contributed by atoms with Gasteiger partial charge in [0.25, 0.3) is 0 Å². The summed E-state index contributed by atoms with van der Waals surface area (Å²) in [5, 5.41) is 3.32. The number of rotatable bonds is 3. The van der Waals surface area contributed by atoms with E-state index in [4.69, 9.17) is 0 Å². The van der Waals surface area contributed by atoms with E-state index in [1.165, 1.54) is 12.1 Å². The average molecular weight is 240 g/mol. The Morgan fingerprint density at radius 2 is 1.94 bits per heavy atom. The molecule has 0 atom stereocenters. The summed E-state index contributed by atoms with van der Waals surface area (Å²) in [6, 6.07) is 4.07. The van der Waals surface area contributed by atoms with Crippen molar-refractivity contribution in [3.8, 4) is 0 Å². The quantitative estimate of drug-likeness (QED) is 0.872. The first-order valence-corrected chi connectivity index (χ1v) is 6.03.